The Bertz CT molecular complexity index is 488. The van der Waals surface area contributed by atoms with Crippen molar-refractivity contribution in [3.8, 4) is 0 Å². The number of likely N-dealkylation sites (tertiary alicyclic amines) is 2. The molecule has 1 spiro atoms. The highest BCUT2D eigenvalue weighted by atomic mass is 16.5. The van der Waals surface area contributed by atoms with Crippen LogP contribution in [0.5, 0.6) is 0 Å². The van der Waals surface area contributed by atoms with Gasteiger partial charge in [-0.1, -0.05) is 25.7 Å². The Morgan fingerprint density at radius 3 is 2.42 bits per heavy atom. The Labute approximate surface area is 159 Å². The van der Waals surface area contributed by atoms with Gasteiger partial charge in [-0.2, -0.15) is 0 Å². The largest absolute Gasteiger partial charge is 0.381 e. The Kier molecular flexibility index (Phi) is 5.75. The summed E-state index contributed by atoms with van der Waals surface area (Å²) in [4.78, 5) is 9.97. The van der Waals surface area contributed by atoms with Crippen LogP contribution in [0.25, 0.3) is 0 Å². The van der Waals surface area contributed by atoms with Gasteiger partial charge in [-0.05, 0) is 51.6 Å². The lowest BCUT2D eigenvalue weighted by atomic mass is 9.79. The minimum absolute atomic E-state index is 0.364. The molecule has 0 bridgehead atoms. The predicted molar refractivity (Wildman–Crippen MR) is 107 cm³/mol. The quantitative estimate of drug-likeness (QED) is 0.619. The first-order valence-corrected chi connectivity index (χ1v) is 11.0. The molecule has 148 valence electrons. The van der Waals surface area contributed by atoms with Crippen LogP contribution in [0, 0.1) is 5.41 Å². The molecule has 4 rings (SSSR count). The van der Waals surface area contributed by atoms with Gasteiger partial charge in [0, 0.05) is 44.2 Å². The lowest BCUT2D eigenvalue weighted by molar-refractivity contribution is 0.0364. The highest BCUT2D eigenvalue weighted by Crippen LogP contribution is 2.38. The van der Waals surface area contributed by atoms with Gasteiger partial charge in [0.05, 0.1) is 6.61 Å². The first kappa shape index (κ1) is 18.5. The zero-order valence-electron chi connectivity index (χ0n) is 16.8. The number of nitrogens with zero attached hydrogens (tertiary/aromatic N) is 3. The summed E-state index contributed by atoms with van der Waals surface area (Å²) in [5.74, 6) is 1.12. The fourth-order valence-corrected chi connectivity index (χ4v) is 5.85. The molecule has 1 aliphatic carbocycles. The molecular formula is C21H38N4O. The number of rotatable bonds is 3. The Morgan fingerprint density at radius 1 is 0.962 bits per heavy atom. The number of guanidine groups is 1. The van der Waals surface area contributed by atoms with E-state index in [4.69, 9.17) is 4.74 Å². The number of hydrogen-bond donors (Lipinski definition) is 1. The van der Waals surface area contributed by atoms with Crippen molar-refractivity contribution < 1.29 is 4.74 Å². The highest BCUT2D eigenvalue weighted by Gasteiger charge is 2.43. The number of piperidine rings is 1. The minimum atomic E-state index is 0.364. The molecule has 3 saturated heterocycles. The smallest absolute Gasteiger partial charge is 0.193 e. The van der Waals surface area contributed by atoms with Crippen LogP contribution in [0.1, 0.15) is 64.2 Å². The summed E-state index contributed by atoms with van der Waals surface area (Å²) < 4.78 is 5.70. The van der Waals surface area contributed by atoms with Crippen molar-refractivity contribution in [2.24, 2.45) is 10.4 Å². The van der Waals surface area contributed by atoms with Crippen molar-refractivity contribution in [1.29, 1.82) is 0 Å². The van der Waals surface area contributed by atoms with E-state index in [0.717, 1.165) is 38.8 Å². The molecule has 5 nitrogen and oxygen atoms in total. The van der Waals surface area contributed by atoms with Gasteiger partial charge in [0.15, 0.2) is 5.96 Å². The van der Waals surface area contributed by atoms with Gasteiger partial charge >= 0.3 is 0 Å². The summed E-state index contributed by atoms with van der Waals surface area (Å²) in [6.45, 7) is 7.79. The second kappa shape index (κ2) is 8.05. The average Bonchev–Trinajstić information content (AvgIpc) is 3.34. The topological polar surface area (TPSA) is 40.1 Å². The predicted octanol–water partition coefficient (Wildman–Crippen LogP) is 2.86. The van der Waals surface area contributed by atoms with Crippen LogP contribution in [-0.4, -0.2) is 74.3 Å². The molecule has 1 saturated carbocycles. The van der Waals surface area contributed by atoms with Gasteiger partial charge in [0.2, 0.25) is 0 Å². The summed E-state index contributed by atoms with van der Waals surface area (Å²) in [6, 6.07) is 0. The van der Waals surface area contributed by atoms with Gasteiger partial charge < -0.3 is 15.0 Å². The van der Waals surface area contributed by atoms with Crippen molar-refractivity contribution in [2.75, 3.05) is 53.0 Å². The summed E-state index contributed by atoms with van der Waals surface area (Å²) in [5.41, 5.74) is 0.759. The lowest BCUT2D eigenvalue weighted by Gasteiger charge is -2.48. The molecule has 1 N–H and O–H groups in total. The van der Waals surface area contributed by atoms with Crippen molar-refractivity contribution in [3.63, 3.8) is 0 Å². The molecule has 0 aromatic rings. The van der Waals surface area contributed by atoms with E-state index in [1.165, 1.54) is 77.3 Å². The van der Waals surface area contributed by atoms with Gasteiger partial charge in [0.1, 0.15) is 0 Å². The summed E-state index contributed by atoms with van der Waals surface area (Å²) in [5, 5.41) is 3.82. The molecule has 3 aliphatic heterocycles. The van der Waals surface area contributed by atoms with Crippen molar-refractivity contribution >= 4 is 5.96 Å². The van der Waals surface area contributed by atoms with Crippen LogP contribution in [0.4, 0.5) is 0 Å². The van der Waals surface area contributed by atoms with Crippen molar-refractivity contribution in [3.05, 3.63) is 0 Å². The first-order valence-electron chi connectivity index (χ1n) is 11.0. The second-order valence-electron chi connectivity index (χ2n) is 9.21. The van der Waals surface area contributed by atoms with Gasteiger partial charge in [0.25, 0.3) is 0 Å². The SMILES string of the molecule is CN=C(NCC1(N2CCCCC2)CCCCC1)N1CCC2(CCOC2)C1. The van der Waals surface area contributed by atoms with E-state index in [1.807, 2.05) is 7.05 Å². The third-order valence-electron chi connectivity index (χ3n) is 7.52. The zero-order valence-corrected chi connectivity index (χ0v) is 16.8. The molecule has 26 heavy (non-hydrogen) atoms. The maximum Gasteiger partial charge on any atom is 0.193 e. The summed E-state index contributed by atoms with van der Waals surface area (Å²) >= 11 is 0. The molecule has 4 fully saturated rings. The Morgan fingerprint density at radius 2 is 1.73 bits per heavy atom. The number of hydrogen-bond acceptors (Lipinski definition) is 3. The van der Waals surface area contributed by atoms with Gasteiger partial charge in [-0.3, -0.25) is 9.89 Å². The van der Waals surface area contributed by atoms with Crippen LogP contribution in [0.2, 0.25) is 0 Å². The molecule has 5 heteroatoms. The fourth-order valence-electron chi connectivity index (χ4n) is 5.85. The fraction of sp³-hybridized carbons (Fsp3) is 0.952. The van der Waals surface area contributed by atoms with Crippen LogP contribution in [0.3, 0.4) is 0 Å². The molecule has 4 aliphatic rings. The molecule has 1 atom stereocenters. The molecule has 0 aromatic heterocycles. The molecular weight excluding hydrogens is 324 g/mol. The summed E-state index contributed by atoms with van der Waals surface area (Å²) in [6.07, 6.45) is 13.6. The van der Waals surface area contributed by atoms with E-state index in [9.17, 15) is 0 Å². The summed E-state index contributed by atoms with van der Waals surface area (Å²) in [7, 11) is 1.95. The molecule has 0 amide bonds. The standard InChI is InChI=1S/C21H38N4O/c1-22-19(24-14-10-20(17-24)11-15-26-18-20)23-16-21(8-4-2-5-9-21)25-12-6-3-7-13-25/h2-18H2,1H3,(H,22,23). The third-order valence-corrected chi connectivity index (χ3v) is 7.52. The van der Waals surface area contributed by atoms with E-state index in [1.54, 1.807) is 0 Å². The van der Waals surface area contributed by atoms with Crippen molar-refractivity contribution in [1.82, 2.24) is 15.1 Å². The number of ether oxygens (including phenoxy) is 1. The van der Waals surface area contributed by atoms with Gasteiger partial charge in [-0.25, -0.2) is 0 Å². The number of aliphatic imine (C=N–C) groups is 1. The number of nitrogens with one attached hydrogen (secondary N) is 1. The van der Waals surface area contributed by atoms with E-state index in [0.29, 0.717) is 11.0 Å². The molecule has 0 radical (unpaired) electrons. The third kappa shape index (κ3) is 3.75. The second-order valence-corrected chi connectivity index (χ2v) is 9.21. The van der Waals surface area contributed by atoms with Crippen LogP contribution < -0.4 is 5.32 Å². The van der Waals surface area contributed by atoms with Crippen LogP contribution in [-0.2, 0) is 4.74 Å². The van der Waals surface area contributed by atoms with Crippen LogP contribution in [0.15, 0.2) is 4.99 Å². The van der Waals surface area contributed by atoms with Gasteiger partial charge in [-0.15, -0.1) is 0 Å². The maximum atomic E-state index is 5.70. The van der Waals surface area contributed by atoms with E-state index >= 15 is 0 Å². The average molecular weight is 363 g/mol. The zero-order chi connectivity index (χ0) is 17.9. The van der Waals surface area contributed by atoms with Crippen LogP contribution >= 0.6 is 0 Å². The van der Waals surface area contributed by atoms with E-state index < -0.39 is 0 Å². The first-order chi connectivity index (χ1) is 12.8. The molecule has 0 aromatic carbocycles. The Hall–Kier alpha value is -0.810. The molecule has 3 heterocycles. The minimum Gasteiger partial charge on any atom is -0.381 e. The normalized spacial score (nSPS) is 33.1. The van der Waals surface area contributed by atoms with E-state index in [2.05, 4.69) is 20.1 Å². The molecule has 1 unspecified atom stereocenters. The van der Waals surface area contributed by atoms with Crippen molar-refractivity contribution in [2.45, 2.75) is 69.7 Å². The van der Waals surface area contributed by atoms with E-state index in [-0.39, 0.29) is 0 Å². The lowest BCUT2D eigenvalue weighted by Crippen LogP contribution is -2.59. The monoisotopic (exact) mass is 362 g/mol. The maximum absolute atomic E-state index is 5.70. The Balaban J connectivity index is 1.39. The highest BCUT2D eigenvalue weighted by molar-refractivity contribution is 5.80.